The molecule has 2 heterocycles. The third-order valence-corrected chi connectivity index (χ3v) is 6.66. The van der Waals surface area contributed by atoms with Gasteiger partial charge in [-0.15, -0.1) is 12.4 Å². The van der Waals surface area contributed by atoms with Crippen molar-refractivity contribution in [1.29, 1.82) is 0 Å². The van der Waals surface area contributed by atoms with Gasteiger partial charge in [-0.3, -0.25) is 4.79 Å². The summed E-state index contributed by atoms with van der Waals surface area (Å²) < 4.78 is 53.4. The first-order chi connectivity index (χ1) is 11.9. The molecule has 146 valence electrons. The van der Waals surface area contributed by atoms with Crippen LogP contribution in [0.4, 0.5) is 8.78 Å². The summed E-state index contributed by atoms with van der Waals surface area (Å²) in [6, 6.07) is 2.39. The number of sulfonamides is 1. The Morgan fingerprint density at radius 2 is 1.69 bits per heavy atom. The van der Waals surface area contributed by atoms with Crippen molar-refractivity contribution in [1.82, 2.24) is 14.5 Å². The molecule has 2 saturated heterocycles. The Balaban J connectivity index is 0.00000243. The second-order valence-corrected chi connectivity index (χ2v) is 8.23. The molecule has 6 nitrogen and oxygen atoms in total. The number of hydrogen-bond donors (Lipinski definition) is 1. The number of piperidine rings is 1. The molecule has 0 aliphatic carbocycles. The van der Waals surface area contributed by atoms with Crippen molar-refractivity contribution in [3.63, 3.8) is 0 Å². The van der Waals surface area contributed by atoms with E-state index in [1.807, 2.05) is 0 Å². The Bertz CT molecular complexity index is 749. The van der Waals surface area contributed by atoms with Crippen LogP contribution in [0.2, 0.25) is 0 Å². The van der Waals surface area contributed by atoms with Crippen LogP contribution < -0.4 is 5.32 Å². The van der Waals surface area contributed by atoms with Gasteiger partial charge in [0.05, 0.1) is 0 Å². The SMILES string of the molecule is Cl.O=C(C1CCN(S(=O)(=O)c2cc(F)ccc2F)CC1)N1CCNCC1. The zero-order valence-corrected chi connectivity index (χ0v) is 15.8. The van der Waals surface area contributed by atoms with E-state index < -0.39 is 26.6 Å². The average Bonchev–Trinajstić information content (AvgIpc) is 2.64. The minimum Gasteiger partial charge on any atom is -0.340 e. The van der Waals surface area contributed by atoms with Crippen molar-refractivity contribution in [2.45, 2.75) is 17.7 Å². The maximum absolute atomic E-state index is 13.8. The minimum atomic E-state index is -4.11. The molecule has 1 aromatic rings. The monoisotopic (exact) mass is 409 g/mol. The van der Waals surface area contributed by atoms with Crippen LogP contribution in [0.3, 0.4) is 0 Å². The third kappa shape index (κ3) is 4.33. The molecule has 2 aliphatic heterocycles. The van der Waals surface area contributed by atoms with Crippen molar-refractivity contribution < 1.29 is 22.0 Å². The highest BCUT2D eigenvalue weighted by Gasteiger charge is 2.35. The van der Waals surface area contributed by atoms with Crippen molar-refractivity contribution in [3.8, 4) is 0 Å². The van der Waals surface area contributed by atoms with Gasteiger partial charge in [-0.1, -0.05) is 0 Å². The van der Waals surface area contributed by atoms with Crippen LogP contribution >= 0.6 is 12.4 Å². The van der Waals surface area contributed by atoms with E-state index in [4.69, 9.17) is 0 Å². The predicted molar refractivity (Wildman–Crippen MR) is 94.5 cm³/mol. The van der Waals surface area contributed by atoms with Gasteiger partial charge in [-0.05, 0) is 31.0 Å². The number of amides is 1. The molecule has 0 spiro atoms. The quantitative estimate of drug-likeness (QED) is 0.815. The second-order valence-electron chi connectivity index (χ2n) is 6.33. The van der Waals surface area contributed by atoms with Crippen LogP contribution in [0.25, 0.3) is 0 Å². The molecule has 0 saturated carbocycles. The highest BCUT2D eigenvalue weighted by Crippen LogP contribution is 2.27. The number of benzene rings is 1. The lowest BCUT2D eigenvalue weighted by Gasteiger charge is -2.35. The molecular weight excluding hydrogens is 388 g/mol. The second kappa shape index (κ2) is 8.60. The number of nitrogens with one attached hydrogen (secondary N) is 1. The fraction of sp³-hybridized carbons (Fsp3) is 0.562. The van der Waals surface area contributed by atoms with Gasteiger partial charge in [0.15, 0.2) is 0 Å². The van der Waals surface area contributed by atoms with Gasteiger partial charge in [-0.2, -0.15) is 4.31 Å². The van der Waals surface area contributed by atoms with E-state index in [1.165, 1.54) is 0 Å². The van der Waals surface area contributed by atoms with Crippen molar-refractivity contribution in [2.24, 2.45) is 5.92 Å². The molecule has 2 aliphatic rings. The minimum absolute atomic E-state index is 0. The smallest absolute Gasteiger partial charge is 0.246 e. The van der Waals surface area contributed by atoms with E-state index in [0.29, 0.717) is 32.0 Å². The molecule has 0 radical (unpaired) electrons. The van der Waals surface area contributed by atoms with Gasteiger partial charge in [0.2, 0.25) is 15.9 Å². The highest BCUT2D eigenvalue weighted by atomic mass is 35.5. The summed E-state index contributed by atoms with van der Waals surface area (Å²) in [5, 5.41) is 3.18. The Labute approximate surface area is 158 Å². The van der Waals surface area contributed by atoms with Crippen LogP contribution in [0, 0.1) is 17.6 Å². The van der Waals surface area contributed by atoms with E-state index in [2.05, 4.69) is 5.32 Å². The highest BCUT2D eigenvalue weighted by molar-refractivity contribution is 7.89. The number of halogens is 3. The first-order valence-corrected chi connectivity index (χ1v) is 9.78. The number of carbonyl (C=O) groups excluding carboxylic acids is 1. The Morgan fingerprint density at radius 1 is 1.08 bits per heavy atom. The van der Waals surface area contributed by atoms with Crippen molar-refractivity contribution in [2.75, 3.05) is 39.3 Å². The van der Waals surface area contributed by atoms with Crippen LogP contribution in [0.5, 0.6) is 0 Å². The Kier molecular flexibility index (Phi) is 6.95. The summed E-state index contributed by atoms with van der Waals surface area (Å²) in [5.41, 5.74) is 0. The molecule has 0 atom stereocenters. The first-order valence-electron chi connectivity index (χ1n) is 8.34. The van der Waals surface area contributed by atoms with Crippen LogP contribution in [-0.4, -0.2) is 62.8 Å². The molecule has 26 heavy (non-hydrogen) atoms. The zero-order chi connectivity index (χ0) is 18.0. The van der Waals surface area contributed by atoms with E-state index in [1.54, 1.807) is 4.90 Å². The third-order valence-electron chi connectivity index (χ3n) is 4.74. The van der Waals surface area contributed by atoms with E-state index in [-0.39, 0.29) is 37.3 Å². The average molecular weight is 410 g/mol. The Hall–Kier alpha value is -1.29. The largest absolute Gasteiger partial charge is 0.340 e. The number of hydrogen-bond acceptors (Lipinski definition) is 4. The maximum Gasteiger partial charge on any atom is 0.246 e. The number of nitrogens with zero attached hydrogens (tertiary/aromatic N) is 2. The molecule has 1 aromatic carbocycles. The fourth-order valence-corrected chi connectivity index (χ4v) is 4.85. The molecule has 0 aromatic heterocycles. The lowest BCUT2D eigenvalue weighted by Crippen LogP contribution is -2.50. The van der Waals surface area contributed by atoms with E-state index >= 15 is 0 Å². The first kappa shape index (κ1) is 21.0. The van der Waals surface area contributed by atoms with Gasteiger partial charge >= 0.3 is 0 Å². The van der Waals surface area contributed by atoms with Crippen LogP contribution in [-0.2, 0) is 14.8 Å². The molecule has 0 unspecified atom stereocenters. The standard InChI is InChI=1S/C16H21F2N3O3S.ClH/c17-13-1-2-14(18)15(11-13)25(23,24)21-7-3-12(4-8-21)16(22)20-9-5-19-6-10-20;/h1-2,11-12,19H,3-10H2;1H. The number of piperazine rings is 1. The normalized spacial score (nSPS) is 19.8. The summed E-state index contributed by atoms with van der Waals surface area (Å²) in [6.45, 7) is 3.09. The number of carbonyl (C=O) groups is 1. The number of rotatable bonds is 3. The predicted octanol–water partition coefficient (Wildman–Crippen LogP) is 1.22. The lowest BCUT2D eigenvalue weighted by atomic mass is 9.96. The Morgan fingerprint density at radius 3 is 2.31 bits per heavy atom. The summed E-state index contributed by atoms with van der Waals surface area (Å²) in [6.07, 6.45) is 0.776. The van der Waals surface area contributed by atoms with E-state index in [9.17, 15) is 22.0 Å². The molecule has 1 amide bonds. The lowest BCUT2D eigenvalue weighted by molar-refractivity contribution is -0.137. The van der Waals surface area contributed by atoms with Crippen LogP contribution in [0.1, 0.15) is 12.8 Å². The van der Waals surface area contributed by atoms with Crippen molar-refractivity contribution in [3.05, 3.63) is 29.8 Å². The van der Waals surface area contributed by atoms with Gasteiger partial charge in [-0.25, -0.2) is 17.2 Å². The fourth-order valence-electron chi connectivity index (χ4n) is 3.30. The van der Waals surface area contributed by atoms with Gasteiger partial charge in [0, 0.05) is 45.2 Å². The summed E-state index contributed by atoms with van der Waals surface area (Å²) >= 11 is 0. The summed E-state index contributed by atoms with van der Waals surface area (Å²) in [4.78, 5) is 13.6. The summed E-state index contributed by atoms with van der Waals surface area (Å²) in [5.74, 6) is -1.94. The molecule has 10 heteroatoms. The van der Waals surface area contributed by atoms with Gasteiger partial charge in [0.25, 0.3) is 0 Å². The maximum atomic E-state index is 13.8. The summed E-state index contributed by atoms with van der Waals surface area (Å²) in [7, 11) is -4.11. The molecule has 3 rings (SSSR count). The van der Waals surface area contributed by atoms with Gasteiger partial charge < -0.3 is 10.2 Å². The topological polar surface area (TPSA) is 69.7 Å². The van der Waals surface area contributed by atoms with Crippen molar-refractivity contribution >= 4 is 28.3 Å². The van der Waals surface area contributed by atoms with Gasteiger partial charge in [0.1, 0.15) is 16.5 Å². The van der Waals surface area contributed by atoms with E-state index in [0.717, 1.165) is 29.5 Å². The molecule has 2 fully saturated rings. The molecule has 0 bridgehead atoms. The zero-order valence-electron chi connectivity index (χ0n) is 14.2. The molecular formula is C16H22ClF2N3O3S. The molecule has 1 N–H and O–H groups in total. The van der Waals surface area contributed by atoms with Crippen LogP contribution in [0.15, 0.2) is 23.1 Å².